The van der Waals surface area contributed by atoms with Crippen LogP contribution < -0.4 is 0 Å². The standard InChI is InChI=1S/C11H22N2O2/c1-12-5-3-10(4-6-12)13(2)9-11-14-7-8-15-11/h10-11H,3-9H2,1-2H3. The van der Waals surface area contributed by atoms with Gasteiger partial charge >= 0.3 is 0 Å². The lowest BCUT2D eigenvalue weighted by atomic mass is 10.0. The van der Waals surface area contributed by atoms with Gasteiger partial charge < -0.3 is 14.4 Å². The first kappa shape index (κ1) is 11.3. The fourth-order valence-corrected chi connectivity index (χ4v) is 2.33. The minimum atomic E-state index is 0.00894. The van der Waals surface area contributed by atoms with Crippen molar-refractivity contribution in [3.05, 3.63) is 0 Å². The van der Waals surface area contributed by atoms with Crippen LogP contribution in [-0.4, -0.2) is 69.1 Å². The van der Waals surface area contributed by atoms with Crippen LogP contribution in [0.4, 0.5) is 0 Å². The van der Waals surface area contributed by atoms with E-state index in [9.17, 15) is 0 Å². The second kappa shape index (κ2) is 5.25. The molecule has 0 aromatic heterocycles. The molecule has 0 aromatic rings. The normalized spacial score (nSPS) is 26.6. The van der Waals surface area contributed by atoms with Gasteiger partial charge in [0.05, 0.1) is 13.2 Å². The summed E-state index contributed by atoms with van der Waals surface area (Å²) in [6, 6.07) is 0.703. The van der Waals surface area contributed by atoms with Gasteiger partial charge in [-0.2, -0.15) is 0 Å². The molecule has 0 atom stereocenters. The van der Waals surface area contributed by atoms with E-state index in [0.717, 1.165) is 19.8 Å². The lowest BCUT2D eigenvalue weighted by molar-refractivity contribution is -0.0668. The number of likely N-dealkylation sites (N-methyl/N-ethyl adjacent to an activating group) is 1. The zero-order valence-electron chi connectivity index (χ0n) is 9.82. The second-order valence-electron chi connectivity index (χ2n) is 4.65. The molecule has 0 radical (unpaired) electrons. The number of hydrogen-bond donors (Lipinski definition) is 0. The molecule has 0 saturated carbocycles. The monoisotopic (exact) mass is 214 g/mol. The number of ether oxygens (including phenoxy) is 2. The maximum Gasteiger partial charge on any atom is 0.170 e. The van der Waals surface area contributed by atoms with Crippen molar-refractivity contribution in [3.8, 4) is 0 Å². The zero-order chi connectivity index (χ0) is 10.7. The van der Waals surface area contributed by atoms with Crippen LogP contribution in [0, 0.1) is 0 Å². The number of hydrogen-bond acceptors (Lipinski definition) is 4. The number of piperidine rings is 1. The highest BCUT2D eigenvalue weighted by Gasteiger charge is 2.24. The summed E-state index contributed by atoms with van der Waals surface area (Å²) in [4.78, 5) is 4.79. The molecule has 2 fully saturated rings. The zero-order valence-corrected chi connectivity index (χ0v) is 9.82. The van der Waals surface area contributed by atoms with E-state index in [1.165, 1.54) is 25.9 Å². The minimum Gasteiger partial charge on any atom is -0.349 e. The second-order valence-corrected chi connectivity index (χ2v) is 4.65. The predicted octanol–water partition coefficient (Wildman–Crippen LogP) is 0.385. The topological polar surface area (TPSA) is 24.9 Å². The molecular formula is C11H22N2O2. The lowest BCUT2D eigenvalue weighted by Gasteiger charge is -2.35. The average molecular weight is 214 g/mol. The summed E-state index contributed by atoms with van der Waals surface area (Å²) in [7, 11) is 4.38. The Morgan fingerprint density at radius 3 is 2.40 bits per heavy atom. The molecule has 2 aliphatic rings. The van der Waals surface area contributed by atoms with Gasteiger partial charge in [-0.25, -0.2) is 0 Å². The highest BCUT2D eigenvalue weighted by atomic mass is 16.7. The highest BCUT2D eigenvalue weighted by Crippen LogP contribution is 2.15. The molecule has 0 unspecified atom stereocenters. The van der Waals surface area contributed by atoms with Gasteiger partial charge in [0.1, 0.15) is 0 Å². The van der Waals surface area contributed by atoms with E-state index < -0.39 is 0 Å². The third-order valence-electron chi connectivity index (χ3n) is 3.44. The molecule has 2 saturated heterocycles. The molecule has 15 heavy (non-hydrogen) atoms. The summed E-state index contributed by atoms with van der Waals surface area (Å²) in [5.74, 6) is 0. The summed E-state index contributed by atoms with van der Waals surface area (Å²) in [6.45, 7) is 4.84. The number of nitrogens with zero attached hydrogens (tertiary/aromatic N) is 2. The molecule has 0 aromatic carbocycles. The molecule has 4 heteroatoms. The van der Waals surface area contributed by atoms with Gasteiger partial charge in [0.25, 0.3) is 0 Å². The Hall–Kier alpha value is -0.160. The number of likely N-dealkylation sites (tertiary alicyclic amines) is 1. The lowest BCUT2D eigenvalue weighted by Crippen LogP contribution is -2.44. The van der Waals surface area contributed by atoms with Crippen molar-refractivity contribution in [2.75, 3.05) is 46.9 Å². The van der Waals surface area contributed by atoms with Gasteiger partial charge in [-0.15, -0.1) is 0 Å². The quantitative estimate of drug-likeness (QED) is 0.678. The van der Waals surface area contributed by atoms with Crippen LogP contribution in [-0.2, 0) is 9.47 Å². The Morgan fingerprint density at radius 2 is 1.80 bits per heavy atom. The SMILES string of the molecule is CN1CCC(N(C)CC2OCCO2)CC1. The number of rotatable bonds is 3. The Morgan fingerprint density at radius 1 is 1.20 bits per heavy atom. The summed E-state index contributed by atoms with van der Waals surface area (Å²) >= 11 is 0. The summed E-state index contributed by atoms with van der Waals surface area (Å²) in [6.07, 6.45) is 2.54. The molecule has 0 amide bonds. The van der Waals surface area contributed by atoms with Crippen LogP contribution in [0.5, 0.6) is 0 Å². The van der Waals surface area contributed by atoms with Crippen LogP contribution in [0.3, 0.4) is 0 Å². The van der Waals surface area contributed by atoms with Crippen molar-refractivity contribution in [2.45, 2.75) is 25.2 Å². The Balaban J connectivity index is 1.72. The van der Waals surface area contributed by atoms with Crippen LogP contribution in [0.1, 0.15) is 12.8 Å². The summed E-state index contributed by atoms with van der Waals surface area (Å²) in [5, 5.41) is 0. The average Bonchev–Trinajstić information content (AvgIpc) is 2.71. The predicted molar refractivity (Wildman–Crippen MR) is 58.8 cm³/mol. The molecule has 0 aliphatic carbocycles. The van der Waals surface area contributed by atoms with Gasteiger partial charge in [-0.05, 0) is 40.0 Å². The Labute approximate surface area is 92.1 Å². The first-order valence-electron chi connectivity index (χ1n) is 5.87. The van der Waals surface area contributed by atoms with Crippen molar-refractivity contribution in [1.82, 2.24) is 9.80 Å². The van der Waals surface area contributed by atoms with Crippen LogP contribution >= 0.6 is 0 Å². The van der Waals surface area contributed by atoms with Crippen LogP contribution in [0.25, 0.3) is 0 Å². The van der Waals surface area contributed by atoms with Crippen LogP contribution in [0.15, 0.2) is 0 Å². The van der Waals surface area contributed by atoms with E-state index >= 15 is 0 Å². The van der Waals surface area contributed by atoms with E-state index in [1.54, 1.807) is 0 Å². The maximum atomic E-state index is 5.46. The molecule has 88 valence electrons. The van der Waals surface area contributed by atoms with E-state index in [0.29, 0.717) is 6.04 Å². The largest absolute Gasteiger partial charge is 0.349 e. The molecular weight excluding hydrogens is 192 g/mol. The van der Waals surface area contributed by atoms with E-state index in [-0.39, 0.29) is 6.29 Å². The van der Waals surface area contributed by atoms with E-state index in [1.807, 2.05) is 0 Å². The minimum absolute atomic E-state index is 0.00894. The van der Waals surface area contributed by atoms with Crippen LogP contribution in [0.2, 0.25) is 0 Å². The van der Waals surface area contributed by atoms with Gasteiger partial charge in [0.15, 0.2) is 6.29 Å². The van der Waals surface area contributed by atoms with Gasteiger partial charge in [0, 0.05) is 12.6 Å². The first-order chi connectivity index (χ1) is 7.25. The van der Waals surface area contributed by atoms with Crippen molar-refractivity contribution in [1.29, 1.82) is 0 Å². The van der Waals surface area contributed by atoms with E-state index in [2.05, 4.69) is 23.9 Å². The molecule has 0 spiro atoms. The Kier molecular flexibility index (Phi) is 3.97. The molecule has 4 nitrogen and oxygen atoms in total. The smallest absolute Gasteiger partial charge is 0.170 e. The van der Waals surface area contributed by atoms with E-state index in [4.69, 9.17) is 9.47 Å². The molecule has 2 heterocycles. The Bertz CT molecular complexity index is 187. The van der Waals surface area contributed by atoms with Gasteiger partial charge in [-0.3, -0.25) is 4.90 Å². The van der Waals surface area contributed by atoms with Crippen molar-refractivity contribution < 1.29 is 9.47 Å². The fraction of sp³-hybridized carbons (Fsp3) is 1.00. The van der Waals surface area contributed by atoms with Crippen molar-refractivity contribution >= 4 is 0 Å². The van der Waals surface area contributed by atoms with Crippen molar-refractivity contribution in [3.63, 3.8) is 0 Å². The van der Waals surface area contributed by atoms with Gasteiger partial charge in [0.2, 0.25) is 0 Å². The molecule has 0 N–H and O–H groups in total. The molecule has 2 aliphatic heterocycles. The first-order valence-corrected chi connectivity index (χ1v) is 5.87. The third-order valence-corrected chi connectivity index (χ3v) is 3.44. The fourth-order valence-electron chi connectivity index (χ4n) is 2.33. The highest BCUT2D eigenvalue weighted by molar-refractivity contribution is 4.77. The molecule has 0 bridgehead atoms. The molecule has 2 rings (SSSR count). The maximum absolute atomic E-state index is 5.46. The third kappa shape index (κ3) is 3.14. The summed E-state index contributed by atoms with van der Waals surface area (Å²) < 4.78 is 10.9. The van der Waals surface area contributed by atoms with Gasteiger partial charge in [-0.1, -0.05) is 0 Å². The van der Waals surface area contributed by atoms with Crippen molar-refractivity contribution in [2.24, 2.45) is 0 Å². The summed E-state index contributed by atoms with van der Waals surface area (Å²) in [5.41, 5.74) is 0.